The number of methoxy groups -OCH3 is 1. The average Bonchev–Trinajstić information content (AvgIpc) is 2.40. The number of rotatable bonds is 9. The maximum absolute atomic E-state index is 5.50. The van der Waals surface area contributed by atoms with Crippen molar-refractivity contribution in [3.05, 3.63) is 23.0 Å². The lowest BCUT2D eigenvalue weighted by Crippen LogP contribution is -2.21. The number of pyridine rings is 1. The second kappa shape index (κ2) is 8.88. The van der Waals surface area contributed by atoms with Gasteiger partial charge < -0.3 is 14.8 Å². The number of hydrogen-bond acceptors (Lipinski definition) is 4. The summed E-state index contributed by atoms with van der Waals surface area (Å²) in [5.41, 5.74) is 3.23. The summed E-state index contributed by atoms with van der Waals surface area (Å²) in [4.78, 5) is 4.45. The molecule has 1 rings (SSSR count). The first-order valence-corrected chi connectivity index (χ1v) is 6.98. The minimum absolute atomic E-state index is 0.750. The van der Waals surface area contributed by atoms with Gasteiger partial charge in [0, 0.05) is 37.0 Å². The molecule has 4 nitrogen and oxygen atoms in total. The third-order valence-electron chi connectivity index (χ3n) is 3.11. The Bertz CT molecular complexity index is 381. The molecule has 1 heterocycles. The number of hydrogen-bond donors (Lipinski definition) is 1. The van der Waals surface area contributed by atoms with Gasteiger partial charge in [0.2, 0.25) is 0 Å². The van der Waals surface area contributed by atoms with Crippen LogP contribution in [-0.2, 0) is 11.3 Å². The Hall–Kier alpha value is -1.13. The Balaban J connectivity index is 2.33. The molecule has 0 saturated heterocycles. The third-order valence-corrected chi connectivity index (χ3v) is 3.11. The second-order valence-corrected chi connectivity index (χ2v) is 4.69. The fraction of sp³-hybridized carbons (Fsp3) is 0.667. The van der Waals surface area contributed by atoms with E-state index in [9.17, 15) is 0 Å². The van der Waals surface area contributed by atoms with Crippen LogP contribution in [0.1, 0.15) is 36.6 Å². The van der Waals surface area contributed by atoms with Crippen molar-refractivity contribution in [2.75, 3.05) is 26.9 Å². The fourth-order valence-corrected chi connectivity index (χ4v) is 1.95. The van der Waals surface area contributed by atoms with Gasteiger partial charge >= 0.3 is 0 Å². The Kier molecular flexibility index (Phi) is 7.45. The summed E-state index contributed by atoms with van der Waals surface area (Å²) in [6, 6.07) is 0. The lowest BCUT2D eigenvalue weighted by molar-refractivity contribution is 0.133. The highest BCUT2D eigenvalue weighted by atomic mass is 16.5. The van der Waals surface area contributed by atoms with Crippen molar-refractivity contribution in [3.8, 4) is 5.75 Å². The number of nitrogens with zero attached hydrogens (tertiary/aromatic N) is 1. The molecule has 0 aliphatic rings. The quantitative estimate of drug-likeness (QED) is 0.698. The van der Waals surface area contributed by atoms with E-state index < -0.39 is 0 Å². The molecule has 19 heavy (non-hydrogen) atoms. The van der Waals surface area contributed by atoms with Crippen molar-refractivity contribution < 1.29 is 9.47 Å². The van der Waals surface area contributed by atoms with E-state index in [1.807, 2.05) is 20.0 Å². The number of aryl methyl sites for hydroxylation is 1. The third kappa shape index (κ3) is 5.17. The van der Waals surface area contributed by atoms with Gasteiger partial charge in [-0.25, -0.2) is 0 Å². The van der Waals surface area contributed by atoms with Crippen LogP contribution in [0.15, 0.2) is 6.20 Å². The monoisotopic (exact) mass is 266 g/mol. The number of nitrogens with one attached hydrogen (secondary N) is 1. The van der Waals surface area contributed by atoms with E-state index in [0.29, 0.717) is 0 Å². The standard InChI is InChI=1S/C15H26N2O2/c1-5-6-8-19-9-7-16-11-14-13(3)15(18-4)12(2)10-17-14/h10,16H,5-9,11H2,1-4H3. The predicted octanol–water partition coefficient (Wildman–Crippen LogP) is 2.61. The average molecular weight is 266 g/mol. The molecule has 1 aromatic rings. The number of unbranched alkanes of at least 4 members (excludes halogenated alkanes) is 1. The molecule has 1 N–H and O–H groups in total. The van der Waals surface area contributed by atoms with E-state index in [0.717, 1.165) is 55.3 Å². The fourth-order valence-electron chi connectivity index (χ4n) is 1.95. The summed E-state index contributed by atoms with van der Waals surface area (Å²) in [6.45, 7) is 9.43. The lowest BCUT2D eigenvalue weighted by atomic mass is 10.1. The molecular formula is C15H26N2O2. The van der Waals surface area contributed by atoms with Crippen molar-refractivity contribution in [1.82, 2.24) is 10.3 Å². The van der Waals surface area contributed by atoms with E-state index in [2.05, 4.69) is 17.2 Å². The van der Waals surface area contributed by atoms with Crippen LogP contribution in [0.5, 0.6) is 5.75 Å². The second-order valence-electron chi connectivity index (χ2n) is 4.69. The Morgan fingerprint density at radius 1 is 1.26 bits per heavy atom. The predicted molar refractivity (Wildman–Crippen MR) is 77.7 cm³/mol. The van der Waals surface area contributed by atoms with Crippen molar-refractivity contribution in [2.24, 2.45) is 0 Å². The van der Waals surface area contributed by atoms with Gasteiger partial charge in [0.15, 0.2) is 0 Å². The van der Waals surface area contributed by atoms with Crippen LogP contribution < -0.4 is 10.1 Å². The maximum Gasteiger partial charge on any atom is 0.128 e. The largest absolute Gasteiger partial charge is 0.496 e. The molecule has 0 radical (unpaired) electrons. The molecule has 0 aromatic carbocycles. The highest BCUT2D eigenvalue weighted by Gasteiger charge is 2.08. The molecule has 0 amide bonds. The minimum Gasteiger partial charge on any atom is -0.496 e. The van der Waals surface area contributed by atoms with Crippen LogP contribution in [0, 0.1) is 13.8 Å². The Morgan fingerprint density at radius 3 is 2.74 bits per heavy atom. The molecule has 0 atom stereocenters. The molecule has 0 spiro atoms. The van der Waals surface area contributed by atoms with Crippen LogP contribution in [-0.4, -0.2) is 31.9 Å². The van der Waals surface area contributed by atoms with E-state index in [4.69, 9.17) is 9.47 Å². The smallest absolute Gasteiger partial charge is 0.128 e. The zero-order chi connectivity index (χ0) is 14.1. The zero-order valence-corrected chi connectivity index (χ0v) is 12.6. The van der Waals surface area contributed by atoms with Gasteiger partial charge in [0.05, 0.1) is 19.4 Å². The van der Waals surface area contributed by atoms with Crippen molar-refractivity contribution in [1.29, 1.82) is 0 Å². The number of ether oxygens (including phenoxy) is 2. The van der Waals surface area contributed by atoms with Crippen LogP contribution >= 0.6 is 0 Å². The Morgan fingerprint density at radius 2 is 2.05 bits per heavy atom. The summed E-state index contributed by atoms with van der Waals surface area (Å²) in [5, 5.41) is 3.35. The van der Waals surface area contributed by atoms with Gasteiger partial charge in [-0.3, -0.25) is 4.98 Å². The molecule has 0 bridgehead atoms. The van der Waals surface area contributed by atoms with E-state index in [1.54, 1.807) is 7.11 Å². The van der Waals surface area contributed by atoms with Gasteiger partial charge in [0.1, 0.15) is 5.75 Å². The van der Waals surface area contributed by atoms with Crippen LogP contribution in [0.2, 0.25) is 0 Å². The first-order valence-electron chi connectivity index (χ1n) is 6.98. The summed E-state index contributed by atoms with van der Waals surface area (Å²) in [7, 11) is 1.70. The van der Waals surface area contributed by atoms with Crippen LogP contribution in [0.25, 0.3) is 0 Å². The lowest BCUT2D eigenvalue weighted by Gasteiger charge is -2.12. The van der Waals surface area contributed by atoms with Gasteiger partial charge in [0.25, 0.3) is 0 Å². The summed E-state index contributed by atoms with van der Waals surface area (Å²) >= 11 is 0. The molecule has 0 unspecified atom stereocenters. The summed E-state index contributed by atoms with van der Waals surface area (Å²) < 4.78 is 10.9. The normalized spacial score (nSPS) is 10.7. The van der Waals surface area contributed by atoms with Gasteiger partial charge in [-0.2, -0.15) is 0 Å². The van der Waals surface area contributed by atoms with Crippen LogP contribution in [0.3, 0.4) is 0 Å². The molecule has 4 heteroatoms. The summed E-state index contributed by atoms with van der Waals surface area (Å²) in [6.07, 6.45) is 4.18. The highest BCUT2D eigenvalue weighted by molar-refractivity contribution is 5.40. The van der Waals surface area contributed by atoms with E-state index in [-0.39, 0.29) is 0 Å². The van der Waals surface area contributed by atoms with E-state index >= 15 is 0 Å². The van der Waals surface area contributed by atoms with Crippen molar-refractivity contribution >= 4 is 0 Å². The zero-order valence-electron chi connectivity index (χ0n) is 12.6. The Labute approximate surface area is 116 Å². The minimum atomic E-state index is 0.750. The van der Waals surface area contributed by atoms with Crippen molar-refractivity contribution in [3.63, 3.8) is 0 Å². The molecule has 0 aliphatic carbocycles. The highest BCUT2D eigenvalue weighted by Crippen LogP contribution is 2.23. The molecule has 0 aliphatic heterocycles. The number of aromatic nitrogens is 1. The summed E-state index contributed by atoms with van der Waals surface area (Å²) in [5.74, 6) is 0.936. The maximum atomic E-state index is 5.50. The van der Waals surface area contributed by atoms with Gasteiger partial charge in [-0.1, -0.05) is 13.3 Å². The molecular weight excluding hydrogens is 240 g/mol. The molecule has 108 valence electrons. The molecule has 0 saturated carbocycles. The first kappa shape index (κ1) is 15.9. The van der Waals surface area contributed by atoms with Gasteiger partial charge in [-0.05, 0) is 20.3 Å². The first-order chi connectivity index (χ1) is 9.20. The topological polar surface area (TPSA) is 43.4 Å². The molecule has 0 fully saturated rings. The van der Waals surface area contributed by atoms with E-state index in [1.165, 1.54) is 6.42 Å². The van der Waals surface area contributed by atoms with Crippen LogP contribution in [0.4, 0.5) is 0 Å². The van der Waals surface area contributed by atoms with Gasteiger partial charge in [-0.15, -0.1) is 0 Å². The van der Waals surface area contributed by atoms with Crippen molar-refractivity contribution in [2.45, 2.75) is 40.2 Å². The SMILES string of the molecule is CCCCOCCNCc1ncc(C)c(OC)c1C. The molecule has 1 aromatic heterocycles.